The fourth-order valence-corrected chi connectivity index (χ4v) is 7.26. The van der Waals surface area contributed by atoms with E-state index in [4.69, 9.17) is 14.2 Å². The van der Waals surface area contributed by atoms with E-state index < -0.39 is 53.4 Å². The number of carbonyl (C=O) groups excluding carboxylic acids is 6. The van der Waals surface area contributed by atoms with Gasteiger partial charge in [0, 0.05) is 66.3 Å². The average molecular weight is 829 g/mol. The molecule has 0 saturated carbocycles. The number of nitrogens with zero attached hydrogens (tertiary/aromatic N) is 3. The molecule has 0 spiro atoms. The van der Waals surface area contributed by atoms with E-state index in [1.807, 2.05) is 0 Å². The summed E-state index contributed by atoms with van der Waals surface area (Å²) in [5.74, 6) is 1.57. The van der Waals surface area contributed by atoms with Crippen molar-refractivity contribution in [2.45, 2.75) is 44.3 Å². The first-order valence-corrected chi connectivity index (χ1v) is 19.5. The third-order valence-electron chi connectivity index (χ3n) is 9.56. The predicted molar refractivity (Wildman–Crippen MR) is 211 cm³/mol. The Bertz CT molecular complexity index is 2220. The summed E-state index contributed by atoms with van der Waals surface area (Å²) in [5, 5.41) is 20.5. The van der Waals surface area contributed by atoms with Crippen molar-refractivity contribution < 1.29 is 52.5 Å². The molecular formula is C41H41FN6O10S. The van der Waals surface area contributed by atoms with Crippen molar-refractivity contribution >= 4 is 51.9 Å². The number of aliphatic hydroxyl groups is 1. The molecule has 16 nitrogen and oxygen atoms in total. The Hall–Kier alpha value is -6.26. The second-order valence-electron chi connectivity index (χ2n) is 13.5. The number of likely N-dealkylation sites (tertiary alicyclic amines) is 1. The van der Waals surface area contributed by atoms with Gasteiger partial charge in [-0.1, -0.05) is 37.1 Å². The molecule has 4 N–H and O–H groups in total. The van der Waals surface area contributed by atoms with Gasteiger partial charge in [-0.25, -0.2) is 9.37 Å². The topological polar surface area (TPSA) is 206 Å². The number of nitrogens with one attached hydrogen (secondary N) is 3. The quantitative estimate of drug-likeness (QED) is 0.0787. The Balaban J connectivity index is 0.892. The lowest BCUT2D eigenvalue weighted by molar-refractivity contribution is -0.149. The van der Waals surface area contributed by atoms with Crippen LogP contribution in [0, 0.1) is 11.8 Å². The molecule has 2 aromatic rings. The number of benzene rings is 1. The maximum atomic E-state index is 14.4. The fourth-order valence-electron chi connectivity index (χ4n) is 6.72. The van der Waals surface area contributed by atoms with E-state index >= 15 is 0 Å². The van der Waals surface area contributed by atoms with Crippen LogP contribution in [0.4, 0.5) is 9.52 Å². The molecule has 4 heterocycles. The number of rotatable bonds is 17. The van der Waals surface area contributed by atoms with E-state index in [0.717, 1.165) is 11.0 Å². The molecule has 6 rings (SSSR count). The predicted octanol–water partition coefficient (Wildman–Crippen LogP) is 2.73. The largest absolute Gasteiger partial charge is 0.512 e. The van der Waals surface area contributed by atoms with Gasteiger partial charge in [0.1, 0.15) is 24.5 Å². The van der Waals surface area contributed by atoms with Crippen LogP contribution in [0.25, 0.3) is 0 Å². The van der Waals surface area contributed by atoms with Crippen LogP contribution in [0.2, 0.25) is 0 Å². The number of thiazole rings is 1. The van der Waals surface area contributed by atoms with Gasteiger partial charge in [0.05, 0.1) is 49.9 Å². The molecule has 1 aliphatic carbocycles. The highest BCUT2D eigenvalue weighted by Crippen LogP contribution is 2.34. The van der Waals surface area contributed by atoms with Crippen molar-refractivity contribution in [1.29, 1.82) is 0 Å². The maximum Gasteiger partial charge on any atom is 0.262 e. The molecule has 0 bridgehead atoms. The van der Waals surface area contributed by atoms with E-state index in [2.05, 4.69) is 45.9 Å². The van der Waals surface area contributed by atoms with Crippen LogP contribution >= 0.6 is 11.3 Å². The average Bonchev–Trinajstić information content (AvgIpc) is 3.89. The van der Waals surface area contributed by atoms with Crippen LogP contribution in [-0.2, 0) is 44.7 Å². The van der Waals surface area contributed by atoms with E-state index in [0.29, 0.717) is 47.3 Å². The number of halogens is 1. The van der Waals surface area contributed by atoms with Gasteiger partial charge in [-0.15, -0.1) is 11.3 Å². The molecule has 308 valence electrons. The Morgan fingerprint density at radius 3 is 2.58 bits per heavy atom. The minimum Gasteiger partial charge on any atom is -0.512 e. The van der Waals surface area contributed by atoms with Crippen LogP contribution in [0.1, 0.15) is 47.2 Å². The van der Waals surface area contributed by atoms with Crippen LogP contribution in [0.3, 0.4) is 0 Å². The Morgan fingerprint density at radius 1 is 1.07 bits per heavy atom. The van der Waals surface area contributed by atoms with Crippen LogP contribution in [0.5, 0.6) is 0 Å². The van der Waals surface area contributed by atoms with E-state index in [1.165, 1.54) is 28.5 Å². The highest BCUT2D eigenvalue weighted by Gasteiger charge is 2.46. The zero-order chi connectivity index (χ0) is 42.1. The number of imide groups is 2. The summed E-state index contributed by atoms with van der Waals surface area (Å²) in [6, 6.07) is 2.80. The van der Waals surface area contributed by atoms with E-state index in [9.17, 15) is 38.3 Å². The molecule has 1 aromatic carbocycles. The second kappa shape index (κ2) is 19.5. The molecule has 6 amide bonds. The second-order valence-corrected chi connectivity index (χ2v) is 14.4. The Labute approximate surface area is 342 Å². The first-order valence-electron chi connectivity index (χ1n) is 18.6. The minimum absolute atomic E-state index is 0.00250. The van der Waals surface area contributed by atoms with E-state index in [1.54, 1.807) is 23.6 Å². The molecule has 4 aliphatic rings. The monoisotopic (exact) mass is 828 g/mol. The lowest BCUT2D eigenvalue weighted by Crippen LogP contribution is -2.54. The van der Waals surface area contributed by atoms with Gasteiger partial charge >= 0.3 is 0 Å². The van der Waals surface area contributed by atoms with Crippen molar-refractivity contribution in [1.82, 2.24) is 25.4 Å². The number of carbonyl (C=O) groups is 6. The summed E-state index contributed by atoms with van der Waals surface area (Å²) in [6.07, 6.45) is 4.08. The third-order valence-corrected chi connectivity index (χ3v) is 10.2. The van der Waals surface area contributed by atoms with Crippen LogP contribution < -0.4 is 16.0 Å². The fraction of sp³-hybridized carbons (Fsp3) is 0.341. The zero-order valence-electron chi connectivity index (χ0n) is 31.8. The van der Waals surface area contributed by atoms with Crippen LogP contribution in [-0.4, -0.2) is 114 Å². The molecule has 2 atom stereocenters. The summed E-state index contributed by atoms with van der Waals surface area (Å²) >= 11 is 1.19. The lowest BCUT2D eigenvalue weighted by atomic mass is 9.95. The molecule has 59 heavy (non-hydrogen) atoms. The molecule has 0 radical (unpaired) electrons. The number of aromatic nitrogens is 1. The lowest BCUT2D eigenvalue weighted by Gasteiger charge is -2.29. The number of amides is 6. The van der Waals surface area contributed by atoms with Gasteiger partial charge in [0.2, 0.25) is 11.8 Å². The highest BCUT2D eigenvalue weighted by molar-refractivity contribution is 7.13. The minimum atomic E-state index is -1.31. The number of piperidine rings is 1. The van der Waals surface area contributed by atoms with Gasteiger partial charge in [0.25, 0.3) is 23.6 Å². The third kappa shape index (κ3) is 10.1. The van der Waals surface area contributed by atoms with E-state index in [-0.39, 0.29) is 81.1 Å². The number of anilines is 1. The normalized spacial score (nSPS) is 19.1. The Kier molecular flexibility index (Phi) is 14.0. The number of fused-ring (bicyclic) bond motifs is 1. The molecule has 1 aromatic heterocycles. The molecule has 18 heteroatoms. The number of ether oxygens (including phenoxy) is 3. The van der Waals surface area contributed by atoms with Crippen LogP contribution in [0.15, 0.2) is 89.1 Å². The smallest absolute Gasteiger partial charge is 0.262 e. The number of hydrogen-bond acceptors (Lipinski definition) is 13. The summed E-state index contributed by atoms with van der Waals surface area (Å²) in [7, 11) is 0. The number of hydrogen-bond donors (Lipinski definition) is 4. The molecular weight excluding hydrogens is 788 g/mol. The SMILES string of the molecule is C=C(/C=C1\C(=C)C(=O)N(C2CCC(=O)NC2=O)C1=O)NCCOCCOCCOCC#Cc1cccc2c1C(=O)N(C(C(=O)Nc1nccs1)C1=C(O)CCC(F)=C1)C2. The van der Waals surface area contributed by atoms with Crippen molar-refractivity contribution in [3.8, 4) is 11.8 Å². The Morgan fingerprint density at radius 2 is 1.83 bits per heavy atom. The molecule has 2 saturated heterocycles. The van der Waals surface area contributed by atoms with Crippen molar-refractivity contribution in [2.75, 3.05) is 51.5 Å². The van der Waals surface area contributed by atoms with Crippen molar-refractivity contribution in [2.24, 2.45) is 0 Å². The zero-order valence-corrected chi connectivity index (χ0v) is 32.7. The molecule has 2 fully saturated rings. The standard InChI is InChI=1S/C41H41FN6O10S/c1-24(21-29-25(2)38(53)48(39(29)54)31-9-11-33(50)45-36(31)51)43-12-15-57-17-19-58-18-16-56-14-4-7-26-5-3-6-27-23-47(40(55)34(26)27)35(30-22-28(42)8-10-32(30)49)37(52)46-41-44-13-20-59-41/h3,5-6,13,20-22,31,35,43,49H,1-2,8-12,14-19,23H2,(H,44,46,52)(H,45,50,51)/b29-21+. The summed E-state index contributed by atoms with van der Waals surface area (Å²) in [6.45, 7) is 9.37. The molecule has 2 unspecified atom stereocenters. The van der Waals surface area contributed by atoms with Gasteiger partial charge in [-0.3, -0.25) is 44.3 Å². The van der Waals surface area contributed by atoms with Crippen molar-refractivity contribution in [3.05, 3.63) is 106 Å². The van der Waals surface area contributed by atoms with Gasteiger partial charge in [-0.05, 0) is 30.2 Å². The van der Waals surface area contributed by atoms with Gasteiger partial charge in [0.15, 0.2) is 5.13 Å². The summed E-state index contributed by atoms with van der Waals surface area (Å²) in [5.41, 5.74) is 1.69. The molecule has 3 aliphatic heterocycles. The first kappa shape index (κ1) is 42.3. The first-order chi connectivity index (χ1) is 28.4. The number of allylic oxidation sites excluding steroid dienone is 3. The highest BCUT2D eigenvalue weighted by atomic mass is 32.1. The number of aliphatic hydroxyl groups excluding tert-OH is 1. The maximum absolute atomic E-state index is 14.4. The van der Waals surface area contributed by atoms with Gasteiger partial charge in [-0.2, -0.15) is 0 Å². The van der Waals surface area contributed by atoms with Gasteiger partial charge < -0.3 is 29.5 Å². The van der Waals surface area contributed by atoms with Crippen molar-refractivity contribution in [3.63, 3.8) is 0 Å². The summed E-state index contributed by atoms with van der Waals surface area (Å²) in [4.78, 5) is 82.9. The summed E-state index contributed by atoms with van der Waals surface area (Å²) < 4.78 is 31.1.